The largest absolute Gasteiger partial charge is 0.379 e. The van der Waals surface area contributed by atoms with Gasteiger partial charge >= 0.3 is 0 Å². The zero-order valence-electron chi connectivity index (χ0n) is 16.7. The van der Waals surface area contributed by atoms with E-state index in [0.717, 1.165) is 45.0 Å². The minimum atomic E-state index is -0.526. The summed E-state index contributed by atoms with van der Waals surface area (Å²) in [7, 11) is 0. The molecular formula is C20H20ClFN8O. The summed E-state index contributed by atoms with van der Waals surface area (Å²) in [6.07, 6.45) is 5.99. The maximum absolute atomic E-state index is 13.9. The molecule has 1 aliphatic heterocycles. The van der Waals surface area contributed by atoms with E-state index in [4.69, 9.17) is 16.3 Å². The molecule has 1 aliphatic rings. The number of aromatic nitrogens is 7. The summed E-state index contributed by atoms with van der Waals surface area (Å²) in [6, 6.07) is 4.45. The van der Waals surface area contributed by atoms with Crippen molar-refractivity contribution in [2.75, 3.05) is 32.8 Å². The molecule has 11 heteroatoms. The van der Waals surface area contributed by atoms with Crippen LogP contribution in [0, 0.1) is 5.82 Å². The number of fused-ring (bicyclic) bond motifs is 1. The molecule has 0 amide bonds. The van der Waals surface area contributed by atoms with Gasteiger partial charge in [0.1, 0.15) is 11.6 Å². The molecule has 0 aliphatic carbocycles. The van der Waals surface area contributed by atoms with Crippen molar-refractivity contribution in [3.05, 3.63) is 59.0 Å². The molecule has 0 N–H and O–H groups in total. The van der Waals surface area contributed by atoms with E-state index in [0.29, 0.717) is 29.1 Å². The summed E-state index contributed by atoms with van der Waals surface area (Å²) in [4.78, 5) is 11.4. The lowest BCUT2D eigenvalue weighted by Crippen LogP contribution is -2.38. The van der Waals surface area contributed by atoms with E-state index in [9.17, 15) is 4.39 Å². The van der Waals surface area contributed by atoms with Gasteiger partial charge < -0.3 is 4.74 Å². The smallest absolute Gasteiger partial charge is 0.187 e. The number of ether oxygens (including phenoxy) is 1. The van der Waals surface area contributed by atoms with Crippen LogP contribution in [0.25, 0.3) is 16.9 Å². The Morgan fingerprint density at radius 3 is 2.84 bits per heavy atom. The minimum Gasteiger partial charge on any atom is -0.379 e. The molecular weight excluding hydrogens is 423 g/mol. The van der Waals surface area contributed by atoms with Crippen molar-refractivity contribution in [3.63, 3.8) is 0 Å². The highest BCUT2D eigenvalue weighted by molar-refractivity contribution is 6.30. The van der Waals surface area contributed by atoms with Gasteiger partial charge in [-0.05, 0) is 17.7 Å². The molecule has 0 spiro atoms. The first kappa shape index (κ1) is 20.0. The van der Waals surface area contributed by atoms with E-state index in [-0.39, 0.29) is 5.02 Å². The molecule has 4 heterocycles. The molecule has 0 atom stereocenters. The van der Waals surface area contributed by atoms with E-state index in [1.807, 2.05) is 17.1 Å². The Balaban J connectivity index is 1.31. The molecule has 9 nitrogen and oxygen atoms in total. The molecule has 1 saturated heterocycles. The fraction of sp³-hybridized carbons (Fsp3) is 0.350. The summed E-state index contributed by atoms with van der Waals surface area (Å²) in [5, 5.41) is 12.7. The zero-order valence-corrected chi connectivity index (χ0v) is 17.4. The summed E-state index contributed by atoms with van der Waals surface area (Å²) in [5.74, 6) is 0.0832. The number of nitrogens with zero attached hydrogens (tertiary/aromatic N) is 8. The van der Waals surface area contributed by atoms with Gasteiger partial charge in [-0.3, -0.25) is 9.58 Å². The monoisotopic (exact) mass is 442 g/mol. The second-order valence-electron chi connectivity index (χ2n) is 7.34. The zero-order chi connectivity index (χ0) is 21.2. The van der Waals surface area contributed by atoms with Crippen molar-refractivity contribution in [1.82, 2.24) is 39.6 Å². The van der Waals surface area contributed by atoms with Crippen LogP contribution in [-0.4, -0.2) is 72.5 Å². The number of halogens is 2. The number of hydrogen-bond donors (Lipinski definition) is 0. The molecule has 0 saturated carbocycles. The average molecular weight is 443 g/mol. The van der Waals surface area contributed by atoms with Crippen molar-refractivity contribution in [1.29, 1.82) is 0 Å². The van der Waals surface area contributed by atoms with Crippen molar-refractivity contribution in [2.24, 2.45) is 0 Å². The predicted molar refractivity (Wildman–Crippen MR) is 112 cm³/mol. The van der Waals surface area contributed by atoms with E-state index < -0.39 is 5.82 Å². The Labute approximate surface area is 182 Å². The van der Waals surface area contributed by atoms with Crippen molar-refractivity contribution >= 4 is 22.8 Å². The summed E-state index contributed by atoms with van der Waals surface area (Å²) in [6.45, 7) is 5.26. The topological polar surface area (TPSA) is 86.8 Å². The van der Waals surface area contributed by atoms with E-state index in [1.54, 1.807) is 12.3 Å². The minimum absolute atomic E-state index is 0.0501. The van der Waals surface area contributed by atoms with Crippen LogP contribution in [0.15, 0.2) is 36.8 Å². The number of hydrogen-bond acceptors (Lipinski definition) is 7. The van der Waals surface area contributed by atoms with Crippen LogP contribution in [0.3, 0.4) is 0 Å². The lowest BCUT2D eigenvalue weighted by molar-refractivity contribution is 0.0359. The molecule has 0 radical (unpaired) electrons. The second kappa shape index (κ2) is 8.66. The third-order valence-corrected chi connectivity index (χ3v) is 5.49. The molecule has 160 valence electrons. The highest BCUT2D eigenvalue weighted by Gasteiger charge is 2.13. The van der Waals surface area contributed by atoms with Crippen LogP contribution >= 0.6 is 11.6 Å². The highest BCUT2D eigenvalue weighted by atomic mass is 35.5. The van der Waals surface area contributed by atoms with Gasteiger partial charge in [-0.1, -0.05) is 16.8 Å². The van der Waals surface area contributed by atoms with E-state index >= 15 is 0 Å². The fourth-order valence-corrected chi connectivity index (χ4v) is 3.63. The summed E-state index contributed by atoms with van der Waals surface area (Å²) >= 11 is 5.78. The number of morpholine rings is 1. The SMILES string of the molecule is Fc1cc(-n2nnc3cnc(Cc4cnn(CCN5CCOCC5)c4)nc32)ccc1Cl. The van der Waals surface area contributed by atoms with Crippen molar-refractivity contribution in [3.8, 4) is 5.69 Å². The number of rotatable bonds is 6. The first-order chi connectivity index (χ1) is 15.2. The van der Waals surface area contributed by atoms with Crippen LogP contribution < -0.4 is 0 Å². The Kier molecular flexibility index (Phi) is 5.58. The maximum Gasteiger partial charge on any atom is 0.187 e. The molecule has 1 fully saturated rings. The van der Waals surface area contributed by atoms with Crippen LogP contribution in [0.5, 0.6) is 0 Å². The average Bonchev–Trinajstić information content (AvgIpc) is 3.42. The molecule has 3 aromatic heterocycles. The molecule has 0 unspecified atom stereocenters. The standard InChI is InChI=1S/C20H20ClFN8O/c21-16-2-1-15(10-17(16)22)30-20-18(26-27-30)12-23-19(25-20)9-14-11-24-29(13-14)4-3-28-5-7-31-8-6-28/h1-2,10-13H,3-9H2. The Morgan fingerprint density at radius 2 is 2.00 bits per heavy atom. The molecule has 0 bridgehead atoms. The van der Waals surface area contributed by atoms with Gasteiger partial charge in [0.2, 0.25) is 0 Å². The molecule has 4 aromatic rings. The predicted octanol–water partition coefficient (Wildman–Crippen LogP) is 2.12. The van der Waals surface area contributed by atoms with Gasteiger partial charge in [0, 0.05) is 38.3 Å². The first-order valence-corrected chi connectivity index (χ1v) is 10.4. The lowest BCUT2D eigenvalue weighted by atomic mass is 10.2. The van der Waals surface area contributed by atoms with Crippen LogP contribution in [0.1, 0.15) is 11.4 Å². The van der Waals surface area contributed by atoms with Crippen LogP contribution in [0.4, 0.5) is 4.39 Å². The van der Waals surface area contributed by atoms with Gasteiger partial charge in [-0.25, -0.2) is 14.4 Å². The van der Waals surface area contributed by atoms with Crippen LogP contribution in [0.2, 0.25) is 5.02 Å². The highest BCUT2D eigenvalue weighted by Crippen LogP contribution is 2.20. The Morgan fingerprint density at radius 1 is 1.13 bits per heavy atom. The van der Waals surface area contributed by atoms with Gasteiger partial charge in [0.25, 0.3) is 0 Å². The van der Waals surface area contributed by atoms with Gasteiger partial charge in [0.15, 0.2) is 11.2 Å². The second-order valence-corrected chi connectivity index (χ2v) is 7.74. The van der Waals surface area contributed by atoms with Crippen LogP contribution in [-0.2, 0) is 17.7 Å². The summed E-state index contributed by atoms with van der Waals surface area (Å²) < 4.78 is 22.7. The molecule has 5 rings (SSSR count). The quantitative estimate of drug-likeness (QED) is 0.452. The Bertz CT molecular complexity index is 1200. The fourth-order valence-electron chi connectivity index (χ4n) is 3.51. The molecule has 1 aromatic carbocycles. The normalized spacial score (nSPS) is 15.0. The van der Waals surface area contributed by atoms with Crippen molar-refractivity contribution in [2.45, 2.75) is 13.0 Å². The molecule has 31 heavy (non-hydrogen) atoms. The third-order valence-electron chi connectivity index (χ3n) is 5.19. The Hall–Kier alpha value is -2.95. The van der Waals surface area contributed by atoms with E-state index in [2.05, 4.69) is 30.3 Å². The maximum atomic E-state index is 13.9. The lowest BCUT2D eigenvalue weighted by Gasteiger charge is -2.26. The van der Waals surface area contributed by atoms with Gasteiger partial charge in [-0.2, -0.15) is 9.78 Å². The summed E-state index contributed by atoms with van der Waals surface area (Å²) in [5.41, 5.74) is 2.54. The van der Waals surface area contributed by atoms with Crippen molar-refractivity contribution < 1.29 is 9.13 Å². The third kappa shape index (κ3) is 4.41. The van der Waals surface area contributed by atoms with Gasteiger partial charge in [0.05, 0.1) is 42.9 Å². The van der Waals surface area contributed by atoms with E-state index in [1.165, 1.54) is 16.8 Å². The number of benzene rings is 1. The first-order valence-electron chi connectivity index (χ1n) is 10.00. The van der Waals surface area contributed by atoms with Gasteiger partial charge in [-0.15, -0.1) is 5.10 Å².